The zero-order chi connectivity index (χ0) is 16.1. The fourth-order valence-corrected chi connectivity index (χ4v) is 2.65. The molecule has 0 N–H and O–H groups in total. The third-order valence-corrected chi connectivity index (χ3v) is 3.95. The lowest BCUT2D eigenvalue weighted by atomic mass is 10.2. The van der Waals surface area contributed by atoms with Crippen LogP contribution in [0.2, 0.25) is 10.0 Å². The van der Waals surface area contributed by atoms with E-state index in [9.17, 15) is 10.1 Å². The lowest BCUT2D eigenvalue weighted by molar-refractivity contribution is -0.400. The summed E-state index contributed by atoms with van der Waals surface area (Å²) in [4.78, 5) is 9.79. The molecule has 0 aromatic heterocycles. The fraction of sp³-hybridized carbons (Fsp3) is 0.0667. The minimum atomic E-state index is -0.513. The molecule has 2 aromatic carbocycles. The molecule has 0 aliphatic rings. The Kier molecular flexibility index (Phi) is 5.83. The third kappa shape index (κ3) is 4.73. The highest BCUT2D eigenvalue weighted by atomic mass is 79.9. The van der Waals surface area contributed by atoms with E-state index in [0.29, 0.717) is 32.4 Å². The first-order valence-corrected chi connectivity index (χ1v) is 7.68. The Hall–Kier alpha value is -1.56. The largest absolute Gasteiger partial charge is 0.488 e. The number of hydrogen-bond acceptors (Lipinski definition) is 3. The van der Waals surface area contributed by atoms with Crippen molar-refractivity contribution >= 4 is 45.2 Å². The number of nitro groups is 1. The van der Waals surface area contributed by atoms with E-state index in [2.05, 4.69) is 15.9 Å². The predicted molar refractivity (Wildman–Crippen MR) is 91.0 cm³/mol. The highest BCUT2D eigenvalue weighted by molar-refractivity contribution is 9.10. The number of ether oxygens (including phenoxy) is 1. The zero-order valence-corrected chi connectivity index (χ0v) is 14.2. The second-order valence-electron chi connectivity index (χ2n) is 4.32. The molecule has 2 aromatic rings. The molecule has 0 atom stereocenters. The van der Waals surface area contributed by atoms with Gasteiger partial charge in [0.15, 0.2) is 0 Å². The molecule has 0 spiro atoms. The summed E-state index contributed by atoms with van der Waals surface area (Å²) in [6.07, 6.45) is 2.29. The zero-order valence-electron chi connectivity index (χ0n) is 11.1. The van der Waals surface area contributed by atoms with E-state index >= 15 is 0 Å². The van der Waals surface area contributed by atoms with Crippen molar-refractivity contribution in [1.82, 2.24) is 0 Å². The van der Waals surface area contributed by atoms with Gasteiger partial charge in [-0.05, 0) is 45.8 Å². The van der Waals surface area contributed by atoms with Crippen molar-refractivity contribution in [3.63, 3.8) is 0 Å². The summed E-state index contributed by atoms with van der Waals surface area (Å²) in [7, 11) is 0. The molecular weight excluding hydrogens is 393 g/mol. The van der Waals surface area contributed by atoms with Gasteiger partial charge < -0.3 is 4.74 Å². The highest BCUT2D eigenvalue weighted by Crippen LogP contribution is 2.28. The highest BCUT2D eigenvalue weighted by Gasteiger charge is 2.06. The Morgan fingerprint density at radius 1 is 1.23 bits per heavy atom. The van der Waals surface area contributed by atoms with Crippen molar-refractivity contribution in [1.29, 1.82) is 0 Å². The lowest BCUT2D eigenvalue weighted by Crippen LogP contribution is -1.97. The first-order chi connectivity index (χ1) is 10.5. The molecule has 0 amide bonds. The number of hydrogen-bond donors (Lipinski definition) is 0. The molecule has 2 rings (SSSR count). The fourth-order valence-electron chi connectivity index (χ4n) is 1.68. The van der Waals surface area contributed by atoms with E-state index in [1.54, 1.807) is 36.4 Å². The number of rotatable bonds is 5. The van der Waals surface area contributed by atoms with E-state index in [1.165, 1.54) is 6.08 Å². The summed E-state index contributed by atoms with van der Waals surface area (Å²) in [6, 6.07) is 10.4. The predicted octanol–water partition coefficient (Wildman–Crippen LogP) is 5.58. The Bertz CT molecular complexity index is 735. The molecule has 4 nitrogen and oxygen atoms in total. The van der Waals surface area contributed by atoms with E-state index in [-0.39, 0.29) is 0 Å². The van der Waals surface area contributed by atoms with Crippen molar-refractivity contribution in [3.05, 3.63) is 78.4 Å². The van der Waals surface area contributed by atoms with Crippen molar-refractivity contribution in [2.45, 2.75) is 6.61 Å². The van der Waals surface area contributed by atoms with Crippen molar-refractivity contribution in [3.8, 4) is 5.75 Å². The van der Waals surface area contributed by atoms with E-state index in [1.807, 2.05) is 0 Å². The molecule has 0 saturated heterocycles. The van der Waals surface area contributed by atoms with Crippen LogP contribution in [0, 0.1) is 10.1 Å². The Labute approximate surface area is 145 Å². The van der Waals surface area contributed by atoms with Gasteiger partial charge in [0.05, 0.1) is 9.40 Å². The molecule has 22 heavy (non-hydrogen) atoms. The topological polar surface area (TPSA) is 52.4 Å². The van der Waals surface area contributed by atoms with Crippen LogP contribution in [0.5, 0.6) is 5.75 Å². The van der Waals surface area contributed by atoms with Crippen molar-refractivity contribution in [2.75, 3.05) is 0 Å². The van der Waals surface area contributed by atoms with Crippen molar-refractivity contribution < 1.29 is 9.66 Å². The van der Waals surface area contributed by atoms with Crippen LogP contribution in [-0.2, 0) is 6.61 Å². The van der Waals surface area contributed by atoms with E-state index < -0.39 is 4.92 Å². The minimum absolute atomic E-state index is 0.290. The average molecular weight is 403 g/mol. The summed E-state index contributed by atoms with van der Waals surface area (Å²) in [5.41, 5.74) is 1.51. The van der Waals surface area contributed by atoms with Gasteiger partial charge in [-0.2, -0.15) is 0 Å². The molecule has 0 fully saturated rings. The van der Waals surface area contributed by atoms with Crippen LogP contribution in [-0.4, -0.2) is 4.92 Å². The monoisotopic (exact) mass is 401 g/mol. The molecule has 0 bridgehead atoms. The van der Waals surface area contributed by atoms with Crippen molar-refractivity contribution in [2.24, 2.45) is 0 Å². The van der Waals surface area contributed by atoms with Gasteiger partial charge in [0, 0.05) is 21.7 Å². The summed E-state index contributed by atoms with van der Waals surface area (Å²) in [5.74, 6) is 0.615. The molecule has 0 heterocycles. The van der Waals surface area contributed by atoms with Crippen LogP contribution < -0.4 is 4.74 Å². The molecule has 0 aliphatic heterocycles. The van der Waals surface area contributed by atoms with Crippen LogP contribution in [0.3, 0.4) is 0 Å². The summed E-state index contributed by atoms with van der Waals surface area (Å²) < 4.78 is 6.39. The standard InChI is InChI=1S/C15H10BrCl2NO3/c16-13-7-10(5-6-19(20)21)1-4-15(13)22-9-11-2-3-12(17)8-14(11)18/h1-8H,9H2/b6-5+. The molecule has 0 unspecified atom stereocenters. The number of nitrogens with zero attached hydrogens (tertiary/aromatic N) is 1. The maximum absolute atomic E-state index is 10.3. The molecule has 0 saturated carbocycles. The average Bonchev–Trinajstić information content (AvgIpc) is 2.45. The van der Waals surface area contributed by atoms with Crippen LogP contribution in [0.4, 0.5) is 0 Å². The molecule has 7 heteroatoms. The van der Waals surface area contributed by atoms with Gasteiger partial charge in [-0.1, -0.05) is 35.3 Å². The first kappa shape index (κ1) is 16.8. The summed E-state index contributed by atoms with van der Waals surface area (Å²) in [5, 5.41) is 11.4. The second kappa shape index (κ2) is 7.63. The number of benzene rings is 2. The molecule has 0 radical (unpaired) electrons. The Morgan fingerprint density at radius 2 is 2.00 bits per heavy atom. The van der Waals surface area contributed by atoms with Gasteiger partial charge in [-0.15, -0.1) is 0 Å². The van der Waals surface area contributed by atoms with Crippen LogP contribution >= 0.6 is 39.1 Å². The van der Waals surface area contributed by atoms with Gasteiger partial charge in [-0.3, -0.25) is 10.1 Å². The quantitative estimate of drug-likeness (QED) is 0.484. The minimum Gasteiger partial charge on any atom is -0.488 e. The normalized spacial score (nSPS) is 10.9. The van der Waals surface area contributed by atoms with Gasteiger partial charge >= 0.3 is 0 Å². The van der Waals surface area contributed by atoms with Crippen LogP contribution in [0.1, 0.15) is 11.1 Å². The molecule has 0 aliphatic carbocycles. The maximum Gasteiger partial charge on any atom is 0.235 e. The van der Waals surface area contributed by atoms with Crippen LogP contribution in [0.15, 0.2) is 47.1 Å². The van der Waals surface area contributed by atoms with E-state index in [0.717, 1.165) is 11.8 Å². The van der Waals surface area contributed by atoms with E-state index in [4.69, 9.17) is 27.9 Å². The van der Waals surface area contributed by atoms with Gasteiger partial charge in [0.1, 0.15) is 12.4 Å². The summed E-state index contributed by atoms with van der Waals surface area (Å²) >= 11 is 15.3. The third-order valence-electron chi connectivity index (χ3n) is 2.74. The van der Waals surface area contributed by atoms with Gasteiger partial charge in [0.25, 0.3) is 0 Å². The van der Waals surface area contributed by atoms with Gasteiger partial charge in [0.2, 0.25) is 6.20 Å². The Balaban J connectivity index is 2.08. The SMILES string of the molecule is O=[N+]([O-])/C=C/c1ccc(OCc2ccc(Cl)cc2Cl)c(Br)c1. The summed E-state index contributed by atoms with van der Waals surface area (Å²) in [6.45, 7) is 0.290. The van der Waals surface area contributed by atoms with Gasteiger partial charge in [-0.25, -0.2) is 0 Å². The lowest BCUT2D eigenvalue weighted by Gasteiger charge is -2.10. The first-order valence-electron chi connectivity index (χ1n) is 6.13. The maximum atomic E-state index is 10.3. The number of halogens is 3. The Morgan fingerprint density at radius 3 is 2.64 bits per heavy atom. The molecule has 114 valence electrons. The second-order valence-corrected chi connectivity index (χ2v) is 6.01. The smallest absolute Gasteiger partial charge is 0.235 e. The molecular formula is C15H10BrCl2NO3. The van der Waals surface area contributed by atoms with Crippen LogP contribution in [0.25, 0.3) is 6.08 Å².